The Bertz CT molecular complexity index is 906. The average Bonchev–Trinajstić information content (AvgIpc) is 2.90. The summed E-state index contributed by atoms with van der Waals surface area (Å²) in [4.78, 5) is 15.6. The Labute approximate surface area is 120 Å². The summed E-state index contributed by atoms with van der Waals surface area (Å²) in [5, 5.41) is 9.27. The Balaban J connectivity index is 2.19. The molecule has 0 amide bonds. The molecular formula is C14H9NO5S. The fourth-order valence-electron chi connectivity index (χ4n) is 2.10. The number of hydrogen-bond acceptors (Lipinski definition) is 5. The molecule has 6 nitrogen and oxygen atoms in total. The molecule has 0 saturated carbocycles. The molecule has 1 aromatic heterocycles. The lowest BCUT2D eigenvalue weighted by Gasteiger charge is -2.09. The van der Waals surface area contributed by atoms with Crippen molar-refractivity contribution < 1.29 is 22.7 Å². The quantitative estimate of drug-likeness (QED) is 0.848. The Kier molecular flexibility index (Phi) is 3.19. The second-order valence-corrected chi connectivity index (χ2v) is 5.39. The molecule has 0 spiro atoms. The molecule has 21 heavy (non-hydrogen) atoms. The fourth-order valence-corrected chi connectivity index (χ4v) is 2.54. The van der Waals surface area contributed by atoms with Crippen LogP contribution in [0.5, 0.6) is 0 Å². The summed E-state index contributed by atoms with van der Waals surface area (Å²) in [6, 6.07) is 7.06. The number of benzene rings is 1. The van der Waals surface area contributed by atoms with E-state index in [1.165, 1.54) is 12.2 Å². The third-order valence-corrected chi connectivity index (χ3v) is 3.82. The van der Waals surface area contributed by atoms with Gasteiger partial charge in [-0.1, -0.05) is 12.1 Å². The molecule has 0 radical (unpaired) electrons. The highest BCUT2D eigenvalue weighted by molar-refractivity contribution is 7.73. The van der Waals surface area contributed by atoms with E-state index in [1.807, 2.05) is 0 Å². The Hall–Kier alpha value is -2.67. The lowest BCUT2D eigenvalue weighted by molar-refractivity contribution is -0.132. The molecule has 1 aliphatic carbocycles. The number of aliphatic carboxylic acids is 1. The second kappa shape index (κ2) is 5.02. The maximum absolute atomic E-state index is 11.3. The van der Waals surface area contributed by atoms with Crippen LogP contribution in [0.2, 0.25) is 0 Å². The Morgan fingerprint density at radius 2 is 2.00 bits per heavy atom. The standard InChI is InChI=1S/C14H9NO5S/c16-14(17)10-7-8(21(18)19)5-6-9(10)13-15-11-3-1-2-4-12(11)20-13/h1-6H,7H2,(H,16,17). The van der Waals surface area contributed by atoms with E-state index in [2.05, 4.69) is 4.98 Å². The summed E-state index contributed by atoms with van der Waals surface area (Å²) in [7, 11) is -2.44. The number of carboxylic acids is 1. The molecule has 7 heteroatoms. The van der Waals surface area contributed by atoms with Crippen LogP contribution in [0.1, 0.15) is 12.3 Å². The first-order valence-corrected chi connectivity index (χ1v) is 7.09. The van der Waals surface area contributed by atoms with Crippen LogP contribution in [0.3, 0.4) is 0 Å². The summed E-state index contributed by atoms with van der Waals surface area (Å²) in [6.07, 6.45) is 2.58. The first-order valence-electron chi connectivity index (χ1n) is 6.02. The predicted octanol–water partition coefficient (Wildman–Crippen LogP) is 1.68. The molecule has 0 unspecified atom stereocenters. The van der Waals surface area contributed by atoms with Gasteiger partial charge < -0.3 is 9.52 Å². The molecule has 0 fully saturated rings. The van der Waals surface area contributed by atoms with E-state index in [4.69, 9.17) is 4.42 Å². The number of oxazole rings is 1. The minimum absolute atomic E-state index is 0.0206. The lowest BCUT2D eigenvalue weighted by Crippen LogP contribution is -2.12. The lowest BCUT2D eigenvalue weighted by atomic mass is 9.97. The first-order chi connectivity index (χ1) is 10.1. The van der Waals surface area contributed by atoms with Crippen LogP contribution in [0.4, 0.5) is 0 Å². The Morgan fingerprint density at radius 1 is 1.24 bits per heavy atom. The molecule has 0 bridgehead atoms. The topological polar surface area (TPSA) is 97.5 Å². The normalized spacial score (nSPS) is 14.8. The maximum Gasteiger partial charge on any atom is 0.332 e. The molecular weight excluding hydrogens is 294 g/mol. The van der Waals surface area contributed by atoms with E-state index >= 15 is 0 Å². The van der Waals surface area contributed by atoms with E-state index in [0.717, 1.165) is 0 Å². The number of fused-ring (bicyclic) bond motifs is 1. The van der Waals surface area contributed by atoms with Gasteiger partial charge in [-0.15, -0.1) is 0 Å². The fraction of sp³-hybridized carbons (Fsp3) is 0.0714. The van der Waals surface area contributed by atoms with Gasteiger partial charge in [0.15, 0.2) is 5.58 Å². The van der Waals surface area contributed by atoms with Crippen molar-refractivity contribution in [2.75, 3.05) is 0 Å². The van der Waals surface area contributed by atoms with Crippen molar-refractivity contribution in [1.82, 2.24) is 4.98 Å². The van der Waals surface area contributed by atoms with Crippen LogP contribution in [0.15, 0.2) is 46.4 Å². The summed E-state index contributed by atoms with van der Waals surface area (Å²) >= 11 is 0. The first kappa shape index (κ1) is 13.3. The molecule has 2 aromatic rings. The summed E-state index contributed by atoms with van der Waals surface area (Å²) in [6.45, 7) is 0. The largest absolute Gasteiger partial charge is 0.478 e. The van der Waals surface area contributed by atoms with E-state index < -0.39 is 16.3 Å². The van der Waals surface area contributed by atoms with Gasteiger partial charge in [-0.05, 0) is 24.3 Å². The van der Waals surface area contributed by atoms with Gasteiger partial charge in [0.25, 0.3) is 0 Å². The van der Waals surface area contributed by atoms with Crippen molar-refractivity contribution in [2.45, 2.75) is 6.42 Å². The summed E-state index contributed by atoms with van der Waals surface area (Å²) in [5.41, 5.74) is 1.39. The minimum Gasteiger partial charge on any atom is -0.478 e. The van der Waals surface area contributed by atoms with E-state index in [-0.39, 0.29) is 28.3 Å². The number of rotatable bonds is 2. The highest BCUT2D eigenvalue weighted by atomic mass is 32.2. The van der Waals surface area contributed by atoms with Crippen molar-refractivity contribution in [3.05, 3.63) is 47.9 Å². The molecule has 106 valence electrons. The van der Waals surface area contributed by atoms with Crippen LogP contribution in [-0.2, 0) is 15.1 Å². The van der Waals surface area contributed by atoms with Gasteiger partial charge in [0, 0.05) is 12.0 Å². The van der Waals surface area contributed by atoms with Gasteiger partial charge in [-0.3, -0.25) is 0 Å². The third kappa shape index (κ3) is 2.38. The Morgan fingerprint density at radius 3 is 2.67 bits per heavy atom. The number of hydrogen-bond donors (Lipinski definition) is 1. The number of carbonyl (C=O) groups is 1. The van der Waals surface area contributed by atoms with E-state index in [0.29, 0.717) is 11.1 Å². The monoisotopic (exact) mass is 303 g/mol. The van der Waals surface area contributed by atoms with Crippen LogP contribution >= 0.6 is 0 Å². The highest BCUT2D eigenvalue weighted by Gasteiger charge is 2.23. The van der Waals surface area contributed by atoms with Gasteiger partial charge in [0.1, 0.15) is 5.52 Å². The summed E-state index contributed by atoms with van der Waals surface area (Å²) in [5.74, 6) is -1.03. The molecule has 0 saturated heterocycles. The SMILES string of the molecule is O=C(O)C1=C(c2nc3ccccc3o2)C=CC(=S(=O)=O)C1. The van der Waals surface area contributed by atoms with Gasteiger partial charge in [0.2, 0.25) is 16.2 Å². The van der Waals surface area contributed by atoms with Crippen LogP contribution in [0.25, 0.3) is 16.7 Å². The van der Waals surface area contributed by atoms with Crippen LogP contribution in [0, 0.1) is 0 Å². The maximum atomic E-state index is 11.3. The molecule has 1 aliphatic rings. The predicted molar refractivity (Wildman–Crippen MR) is 76.2 cm³/mol. The van der Waals surface area contributed by atoms with Crippen molar-refractivity contribution in [2.24, 2.45) is 0 Å². The third-order valence-electron chi connectivity index (χ3n) is 3.11. The van der Waals surface area contributed by atoms with Gasteiger partial charge in [0.05, 0.1) is 10.4 Å². The average molecular weight is 303 g/mol. The van der Waals surface area contributed by atoms with Crippen molar-refractivity contribution in [3.63, 3.8) is 0 Å². The molecule has 3 rings (SSSR count). The number of nitrogens with zero attached hydrogens (tertiary/aromatic N) is 1. The number of aromatic nitrogens is 1. The van der Waals surface area contributed by atoms with E-state index in [1.54, 1.807) is 24.3 Å². The smallest absolute Gasteiger partial charge is 0.332 e. The summed E-state index contributed by atoms with van der Waals surface area (Å²) < 4.78 is 27.5. The van der Waals surface area contributed by atoms with Gasteiger partial charge in [-0.2, -0.15) is 8.42 Å². The zero-order chi connectivity index (χ0) is 15.0. The van der Waals surface area contributed by atoms with Crippen LogP contribution in [-0.4, -0.2) is 29.3 Å². The minimum atomic E-state index is -2.44. The number of para-hydroxylation sites is 2. The molecule has 0 aliphatic heterocycles. The van der Waals surface area contributed by atoms with Gasteiger partial charge in [-0.25, -0.2) is 9.78 Å². The zero-order valence-electron chi connectivity index (χ0n) is 10.6. The zero-order valence-corrected chi connectivity index (χ0v) is 11.4. The van der Waals surface area contributed by atoms with Crippen molar-refractivity contribution in [3.8, 4) is 0 Å². The second-order valence-electron chi connectivity index (χ2n) is 4.40. The number of carboxylic acid groups (broad SMARTS) is 1. The molecule has 1 heterocycles. The van der Waals surface area contributed by atoms with Crippen LogP contribution < -0.4 is 0 Å². The van der Waals surface area contributed by atoms with Crippen molar-refractivity contribution >= 4 is 37.8 Å². The molecule has 1 aromatic carbocycles. The van der Waals surface area contributed by atoms with Gasteiger partial charge >= 0.3 is 5.97 Å². The highest BCUT2D eigenvalue weighted by Crippen LogP contribution is 2.28. The van der Waals surface area contributed by atoms with E-state index in [9.17, 15) is 18.3 Å². The van der Waals surface area contributed by atoms with Crippen molar-refractivity contribution in [1.29, 1.82) is 0 Å². The number of allylic oxidation sites excluding steroid dienone is 3. The molecule has 0 atom stereocenters. The molecule has 1 N–H and O–H groups in total.